The van der Waals surface area contributed by atoms with Gasteiger partial charge >= 0.3 is 0 Å². The molecule has 0 atom stereocenters. The molecule has 0 saturated heterocycles. The van der Waals surface area contributed by atoms with Crippen molar-refractivity contribution in [1.82, 2.24) is 10.7 Å². The van der Waals surface area contributed by atoms with E-state index in [9.17, 15) is 9.59 Å². The van der Waals surface area contributed by atoms with Crippen molar-refractivity contribution in [3.05, 3.63) is 47.5 Å². The average Bonchev–Trinajstić information content (AvgIpc) is 3.24. The molecule has 0 spiro atoms. The van der Waals surface area contributed by atoms with Gasteiger partial charge in [0.05, 0.1) is 26.5 Å². The summed E-state index contributed by atoms with van der Waals surface area (Å²) in [4.78, 5) is 24.2. The van der Waals surface area contributed by atoms with Crippen LogP contribution in [0.5, 0.6) is 23.0 Å². The van der Waals surface area contributed by atoms with Gasteiger partial charge in [-0.1, -0.05) is 13.0 Å². The first kappa shape index (κ1) is 21.0. The van der Waals surface area contributed by atoms with Crippen LogP contribution in [0.3, 0.4) is 0 Å². The van der Waals surface area contributed by atoms with Crippen molar-refractivity contribution in [2.45, 2.75) is 13.3 Å². The number of hydrogen-bond donors (Lipinski definition) is 2. The Kier molecular flexibility index (Phi) is 7.09. The van der Waals surface area contributed by atoms with Gasteiger partial charge in [0.1, 0.15) is 0 Å². The Morgan fingerprint density at radius 1 is 1.20 bits per heavy atom. The first-order valence-corrected chi connectivity index (χ1v) is 9.42. The van der Waals surface area contributed by atoms with Gasteiger partial charge in [-0.15, -0.1) is 0 Å². The number of nitrogens with one attached hydrogen (secondary N) is 2. The summed E-state index contributed by atoms with van der Waals surface area (Å²) in [7, 11) is 1.56. The number of para-hydroxylation sites is 1. The molecule has 3 rings (SSSR count). The summed E-state index contributed by atoms with van der Waals surface area (Å²) >= 11 is 0. The number of benzene rings is 2. The predicted molar refractivity (Wildman–Crippen MR) is 109 cm³/mol. The van der Waals surface area contributed by atoms with Crippen LogP contribution < -0.4 is 29.7 Å². The van der Waals surface area contributed by atoms with Crippen LogP contribution in [-0.4, -0.2) is 45.1 Å². The summed E-state index contributed by atoms with van der Waals surface area (Å²) < 4.78 is 21.5. The first-order valence-electron chi connectivity index (χ1n) is 9.42. The van der Waals surface area contributed by atoms with E-state index in [0.717, 1.165) is 6.42 Å². The van der Waals surface area contributed by atoms with Crippen molar-refractivity contribution >= 4 is 18.0 Å². The van der Waals surface area contributed by atoms with Crippen LogP contribution in [0.15, 0.2) is 41.5 Å². The SMILES string of the molecule is CCCOc1c(/C=N\NC(=O)CNC(=O)c2ccc3c(c2)OCO3)cccc1OC. The zero-order valence-corrected chi connectivity index (χ0v) is 16.8. The number of nitrogens with zero attached hydrogens (tertiary/aromatic N) is 1. The molecule has 0 fully saturated rings. The van der Waals surface area contributed by atoms with Crippen LogP contribution in [0.2, 0.25) is 0 Å². The van der Waals surface area contributed by atoms with E-state index in [-0.39, 0.29) is 13.3 Å². The maximum atomic E-state index is 12.2. The Balaban J connectivity index is 1.53. The minimum atomic E-state index is -0.473. The fourth-order valence-electron chi connectivity index (χ4n) is 2.67. The molecular weight excluding hydrogens is 390 g/mol. The lowest BCUT2D eigenvalue weighted by atomic mass is 10.2. The molecule has 2 amide bonds. The number of carbonyl (C=O) groups is 2. The third-order valence-electron chi connectivity index (χ3n) is 4.12. The molecule has 0 aromatic heterocycles. The average molecular weight is 413 g/mol. The second-order valence-corrected chi connectivity index (χ2v) is 6.27. The van der Waals surface area contributed by atoms with Gasteiger partial charge in [-0.25, -0.2) is 5.43 Å². The summed E-state index contributed by atoms with van der Waals surface area (Å²) in [6.07, 6.45) is 2.31. The van der Waals surface area contributed by atoms with E-state index in [4.69, 9.17) is 18.9 Å². The number of fused-ring (bicyclic) bond motifs is 1. The molecule has 9 nitrogen and oxygen atoms in total. The van der Waals surface area contributed by atoms with Gasteiger partial charge in [0.2, 0.25) is 6.79 Å². The van der Waals surface area contributed by atoms with Crippen LogP contribution in [0.25, 0.3) is 0 Å². The molecule has 2 aromatic carbocycles. The lowest BCUT2D eigenvalue weighted by molar-refractivity contribution is -0.120. The van der Waals surface area contributed by atoms with Crippen LogP contribution in [-0.2, 0) is 4.79 Å². The molecule has 158 valence electrons. The summed E-state index contributed by atoms with van der Waals surface area (Å²) in [5.74, 6) is 1.33. The number of rotatable bonds is 9. The Morgan fingerprint density at radius 2 is 2.03 bits per heavy atom. The summed E-state index contributed by atoms with van der Waals surface area (Å²) in [6.45, 7) is 2.42. The first-order chi connectivity index (χ1) is 14.6. The maximum absolute atomic E-state index is 12.2. The summed E-state index contributed by atoms with van der Waals surface area (Å²) in [6, 6.07) is 10.2. The zero-order chi connectivity index (χ0) is 21.3. The fraction of sp³-hybridized carbons (Fsp3) is 0.286. The number of hydrogen-bond acceptors (Lipinski definition) is 7. The van der Waals surface area contributed by atoms with Crippen LogP contribution in [0.4, 0.5) is 0 Å². The standard InChI is InChI=1S/C21H23N3O6/c1-3-9-28-20-15(5-4-6-17(20)27-2)11-23-24-19(25)12-22-21(26)14-7-8-16-18(10-14)30-13-29-16/h4-8,10-11H,3,9,12-13H2,1-2H3,(H,22,26)(H,24,25)/b23-11-. The van der Waals surface area contributed by atoms with Gasteiger partial charge < -0.3 is 24.3 Å². The van der Waals surface area contributed by atoms with E-state index in [0.29, 0.717) is 40.7 Å². The number of carbonyl (C=O) groups excluding carboxylic acids is 2. The second kappa shape index (κ2) is 10.1. The highest BCUT2D eigenvalue weighted by Gasteiger charge is 2.16. The summed E-state index contributed by atoms with van der Waals surface area (Å²) in [5, 5.41) is 6.47. The van der Waals surface area contributed by atoms with Crippen molar-refractivity contribution in [2.24, 2.45) is 5.10 Å². The molecule has 1 aliphatic heterocycles. The van der Waals surface area contributed by atoms with Crippen molar-refractivity contribution < 1.29 is 28.5 Å². The molecule has 0 unspecified atom stereocenters. The Bertz CT molecular complexity index is 944. The lowest BCUT2D eigenvalue weighted by Gasteiger charge is -2.12. The van der Waals surface area contributed by atoms with Crippen molar-refractivity contribution in [1.29, 1.82) is 0 Å². The van der Waals surface area contributed by atoms with Crippen molar-refractivity contribution in [3.63, 3.8) is 0 Å². The van der Waals surface area contributed by atoms with Gasteiger partial charge in [0, 0.05) is 11.1 Å². The number of ether oxygens (including phenoxy) is 4. The van der Waals surface area contributed by atoms with E-state index in [1.54, 1.807) is 43.5 Å². The van der Waals surface area contributed by atoms with Crippen LogP contribution in [0, 0.1) is 0 Å². The minimum absolute atomic E-state index is 0.124. The molecule has 9 heteroatoms. The number of amides is 2. The molecule has 1 aliphatic rings. The van der Waals surface area contributed by atoms with Gasteiger partial charge in [-0.3, -0.25) is 9.59 Å². The Morgan fingerprint density at radius 3 is 2.83 bits per heavy atom. The molecule has 0 bridgehead atoms. The van der Waals surface area contributed by atoms with E-state index in [2.05, 4.69) is 15.8 Å². The number of methoxy groups -OCH3 is 1. The largest absolute Gasteiger partial charge is 0.493 e. The van der Waals surface area contributed by atoms with E-state index in [1.807, 2.05) is 6.92 Å². The van der Waals surface area contributed by atoms with Gasteiger partial charge in [0.25, 0.3) is 11.8 Å². The number of hydrazone groups is 1. The highest BCUT2D eigenvalue weighted by molar-refractivity contribution is 5.97. The highest BCUT2D eigenvalue weighted by atomic mass is 16.7. The monoisotopic (exact) mass is 413 g/mol. The molecule has 2 aromatic rings. The lowest BCUT2D eigenvalue weighted by Crippen LogP contribution is -2.34. The molecular formula is C21H23N3O6. The third kappa shape index (κ3) is 5.19. The Hall–Kier alpha value is -3.75. The molecule has 1 heterocycles. The van der Waals surface area contributed by atoms with Crippen molar-refractivity contribution in [3.8, 4) is 23.0 Å². The fourth-order valence-corrected chi connectivity index (χ4v) is 2.67. The normalized spacial score (nSPS) is 11.9. The molecule has 0 saturated carbocycles. The van der Waals surface area contributed by atoms with Crippen LogP contribution in [0.1, 0.15) is 29.3 Å². The van der Waals surface area contributed by atoms with Gasteiger partial charge in [-0.05, 0) is 36.8 Å². The topological polar surface area (TPSA) is 107 Å². The third-order valence-corrected chi connectivity index (χ3v) is 4.12. The molecule has 0 radical (unpaired) electrons. The molecule has 30 heavy (non-hydrogen) atoms. The highest BCUT2D eigenvalue weighted by Crippen LogP contribution is 2.32. The van der Waals surface area contributed by atoms with E-state index < -0.39 is 11.8 Å². The zero-order valence-electron chi connectivity index (χ0n) is 16.8. The van der Waals surface area contributed by atoms with E-state index in [1.165, 1.54) is 6.21 Å². The minimum Gasteiger partial charge on any atom is -0.493 e. The molecule has 0 aliphatic carbocycles. The van der Waals surface area contributed by atoms with Crippen molar-refractivity contribution in [2.75, 3.05) is 27.1 Å². The smallest absolute Gasteiger partial charge is 0.259 e. The Labute approximate surface area is 174 Å². The van der Waals surface area contributed by atoms with E-state index >= 15 is 0 Å². The van der Waals surface area contributed by atoms with Gasteiger partial charge in [-0.2, -0.15) is 5.10 Å². The van der Waals surface area contributed by atoms with Gasteiger partial charge in [0.15, 0.2) is 23.0 Å². The second-order valence-electron chi connectivity index (χ2n) is 6.27. The predicted octanol–water partition coefficient (Wildman–Crippen LogP) is 2.09. The maximum Gasteiger partial charge on any atom is 0.259 e. The quantitative estimate of drug-likeness (QED) is 0.482. The molecule has 2 N–H and O–H groups in total. The summed E-state index contributed by atoms with van der Waals surface area (Å²) in [5.41, 5.74) is 3.40. The van der Waals surface area contributed by atoms with Crippen LogP contribution >= 0.6 is 0 Å².